The van der Waals surface area contributed by atoms with Gasteiger partial charge in [-0.1, -0.05) is 48.5 Å². The van der Waals surface area contributed by atoms with Gasteiger partial charge in [0.1, 0.15) is 11.3 Å². The quantitative estimate of drug-likeness (QED) is 0.680. The van der Waals surface area contributed by atoms with Crippen molar-refractivity contribution in [3.8, 4) is 0 Å². The van der Waals surface area contributed by atoms with Crippen molar-refractivity contribution in [2.45, 2.75) is 19.5 Å². The monoisotopic (exact) mass is 336 g/mol. The molecule has 1 atom stereocenters. The standard InChI is InChI=1S/C21H24N2O2/c1-16(20-13-18-11-7-8-12-19(18)25-20)22(2)15-21(24)23(3)14-17-9-5-4-6-10-17/h4-13,16H,14-15H2,1-3H3/t16-/m1/s1. The lowest BCUT2D eigenvalue weighted by Gasteiger charge is -2.25. The topological polar surface area (TPSA) is 36.7 Å². The second-order valence-corrected chi connectivity index (χ2v) is 6.51. The summed E-state index contributed by atoms with van der Waals surface area (Å²) < 4.78 is 5.92. The number of hydrogen-bond donors (Lipinski definition) is 0. The summed E-state index contributed by atoms with van der Waals surface area (Å²) in [5.74, 6) is 0.969. The van der Waals surface area contributed by atoms with Gasteiger partial charge in [0, 0.05) is 19.0 Å². The van der Waals surface area contributed by atoms with Gasteiger partial charge < -0.3 is 9.32 Å². The molecule has 0 bridgehead atoms. The summed E-state index contributed by atoms with van der Waals surface area (Å²) in [5.41, 5.74) is 2.01. The van der Waals surface area contributed by atoms with Crippen LogP contribution in [-0.2, 0) is 11.3 Å². The maximum Gasteiger partial charge on any atom is 0.236 e. The average molecular weight is 336 g/mol. The molecule has 25 heavy (non-hydrogen) atoms. The van der Waals surface area contributed by atoms with E-state index in [-0.39, 0.29) is 11.9 Å². The molecule has 0 aliphatic carbocycles. The molecule has 1 heterocycles. The fraction of sp³-hybridized carbons (Fsp3) is 0.286. The first kappa shape index (κ1) is 17.2. The molecule has 3 aromatic rings. The number of carbonyl (C=O) groups excluding carboxylic acids is 1. The molecule has 130 valence electrons. The molecule has 0 saturated heterocycles. The zero-order chi connectivity index (χ0) is 17.8. The molecule has 1 aromatic heterocycles. The van der Waals surface area contributed by atoms with Crippen LogP contribution in [0, 0.1) is 0 Å². The van der Waals surface area contributed by atoms with Crippen LogP contribution >= 0.6 is 0 Å². The van der Waals surface area contributed by atoms with E-state index < -0.39 is 0 Å². The maximum atomic E-state index is 12.5. The van der Waals surface area contributed by atoms with Crippen LogP contribution in [0.4, 0.5) is 0 Å². The highest BCUT2D eigenvalue weighted by Gasteiger charge is 2.20. The van der Waals surface area contributed by atoms with E-state index in [0.29, 0.717) is 13.1 Å². The van der Waals surface area contributed by atoms with Gasteiger partial charge in [0.15, 0.2) is 0 Å². The third-order valence-corrected chi connectivity index (χ3v) is 4.59. The minimum Gasteiger partial charge on any atom is -0.459 e. The lowest BCUT2D eigenvalue weighted by molar-refractivity contribution is -0.131. The van der Waals surface area contributed by atoms with Crippen molar-refractivity contribution in [1.82, 2.24) is 9.80 Å². The van der Waals surface area contributed by atoms with Crippen LogP contribution in [0.2, 0.25) is 0 Å². The molecule has 0 aliphatic heterocycles. The first-order chi connectivity index (χ1) is 12.0. The van der Waals surface area contributed by atoms with Crippen molar-refractivity contribution in [3.63, 3.8) is 0 Å². The Morgan fingerprint density at radius 1 is 1.04 bits per heavy atom. The predicted octanol–water partition coefficient (Wildman–Crippen LogP) is 4.08. The van der Waals surface area contributed by atoms with Gasteiger partial charge in [-0.2, -0.15) is 0 Å². The number of amides is 1. The van der Waals surface area contributed by atoms with Gasteiger partial charge in [-0.3, -0.25) is 9.69 Å². The van der Waals surface area contributed by atoms with E-state index in [2.05, 4.69) is 13.0 Å². The van der Waals surface area contributed by atoms with Gasteiger partial charge in [-0.25, -0.2) is 0 Å². The SMILES string of the molecule is C[C@H](c1cc2ccccc2o1)N(C)CC(=O)N(C)Cc1ccccc1. The van der Waals surface area contributed by atoms with E-state index in [0.717, 1.165) is 22.3 Å². The number of nitrogens with zero attached hydrogens (tertiary/aromatic N) is 2. The third kappa shape index (κ3) is 4.09. The molecule has 4 heteroatoms. The van der Waals surface area contributed by atoms with Crippen LogP contribution in [0.25, 0.3) is 11.0 Å². The number of hydrogen-bond acceptors (Lipinski definition) is 3. The molecule has 4 nitrogen and oxygen atoms in total. The number of para-hydroxylation sites is 1. The average Bonchev–Trinajstić information content (AvgIpc) is 3.05. The molecule has 0 unspecified atom stereocenters. The molecule has 0 N–H and O–H groups in total. The molecule has 0 aliphatic rings. The first-order valence-electron chi connectivity index (χ1n) is 8.51. The Morgan fingerprint density at radius 3 is 2.44 bits per heavy atom. The van der Waals surface area contributed by atoms with Gasteiger partial charge in [0.05, 0.1) is 12.6 Å². The normalized spacial score (nSPS) is 12.5. The Balaban J connectivity index is 1.62. The third-order valence-electron chi connectivity index (χ3n) is 4.59. The van der Waals surface area contributed by atoms with Gasteiger partial charge in [-0.15, -0.1) is 0 Å². The summed E-state index contributed by atoms with van der Waals surface area (Å²) in [5, 5.41) is 1.09. The van der Waals surface area contributed by atoms with Crippen molar-refractivity contribution in [2.75, 3.05) is 20.6 Å². The van der Waals surface area contributed by atoms with E-state index in [9.17, 15) is 4.79 Å². The van der Waals surface area contributed by atoms with Crippen LogP contribution in [0.15, 0.2) is 65.1 Å². The zero-order valence-electron chi connectivity index (χ0n) is 15.0. The molecule has 0 radical (unpaired) electrons. The molecule has 1 amide bonds. The highest BCUT2D eigenvalue weighted by molar-refractivity contribution is 5.79. The van der Waals surface area contributed by atoms with Gasteiger partial charge >= 0.3 is 0 Å². The minimum absolute atomic E-state index is 0.0291. The number of rotatable bonds is 6. The maximum absolute atomic E-state index is 12.5. The molecule has 0 fully saturated rings. The Bertz CT molecular complexity index is 808. The van der Waals surface area contributed by atoms with E-state index in [1.807, 2.05) is 73.6 Å². The zero-order valence-corrected chi connectivity index (χ0v) is 15.0. The molecule has 2 aromatic carbocycles. The predicted molar refractivity (Wildman–Crippen MR) is 100 cm³/mol. The molecular formula is C21H24N2O2. The van der Waals surface area contributed by atoms with Gasteiger partial charge in [0.2, 0.25) is 5.91 Å². The number of furan rings is 1. The van der Waals surface area contributed by atoms with Crippen LogP contribution < -0.4 is 0 Å². The number of carbonyl (C=O) groups is 1. The Morgan fingerprint density at radius 2 is 1.72 bits per heavy atom. The largest absolute Gasteiger partial charge is 0.459 e. The summed E-state index contributed by atoms with van der Waals surface area (Å²) in [4.78, 5) is 16.3. The Kier molecular flexibility index (Phi) is 5.19. The number of fused-ring (bicyclic) bond motifs is 1. The van der Waals surface area contributed by atoms with Crippen molar-refractivity contribution in [1.29, 1.82) is 0 Å². The molecule has 0 spiro atoms. The molecular weight excluding hydrogens is 312 g/mol. The van der Waals surface area contributed by atoms with Crippen LogP contribution in [0.1, 0.15) is 24.3 Å². The minimum atomic E-state index is 0.0291. The van der Waals surface area contributed by atoms with Crippen molar-refractivity contribution < 1.29 is 9.21 Å². The van der Waals surface area contributed by atoms with Crippen molar-refractivity contribution >= 4 is 16.9 Å². The fourth-order valence-electron chi connectivity index (χ4n) is 2.84. The van der Waals surface area contributed by atoms with E-state index >= 15 is 0 Å². The highest BCUT2D eigenvalue weighted by Crippen LogP contribution is 2.26. The van der Waals surface area contributed by atoms with Crippen LogP contribution in [-0.4, -0.2) is 36.3 Å². The summed E-state index contributed by atoms with van der Waals surface area (Å²) in [7, 11) is 3.79. The van der Waals surface area contributed by atoms with Gasteiger partial charge in [-0.05, 0) is 31.7 Å². The van der Waals surface area contributed by atoms with Crippen LogP contribution in [0.3, 0.4) is 0 Å². The van der Waals surface area contributed by atoms with Crippen molar-refractivity contribution in [2.24, 2.45) is 0 Å². The second-order valence-electron chi connectivity index (χ2n) is 6.51. The Hall–Kier alpha value is -2.59. The Labute approximate surface area is 148 Å². The van der Waals surface area contributed by atoms with Gasteiger partial charge in [0.25, 0.3) is 0 Å². The number of likely N-dealkylation sites (N-methyl/N-ethyl adjacent to an activating group) is 2. The van der Waals surface area contributed by atoms with E-state index in [1.165, 1.54) is 0 Å². The number of benzene rings is 2. The molecule has 3 rings (SSSR count). The van der Waals surface area contributed by atoms with E-state index in [4.69, 9.17) is 4.42 Å². The summed E-state index contributed by atoms with van der Waals surface area (Å²) >= 11 is 0. The molecule has 0 saturated carbocycles. The van der Waals surface area contributed by atoms with E-state index in [1.54, 1.807) is 4.90 Å². The fourth-order valence-corrected chi connectivity index (χ4v) is 2.84. The first-order valence-corrected chi connectivity index (χ1v) is 8.51. The lowest BCUT2D eigenvalue weighted by atomic mass is 10.2. The summed E-state index contributed by atoms with van der Waals surface area (Å²) in [6.07, 6.45) is 0. The summed E-state index contributed by atoms with van der Waals surface area (Å²) in [6.45, 7) is 3.02. The smallest absolute Gasteiger partial charge is 0.236 e. The lowest BCUT2D eigenvalue weighted by Crippen LogP contribution is -2.37. The second kappa shape index (κ2) is 7.53. The highest BCUT2D eigenvalue weighted by atomic mass is 16.3. The van der Waals surface area contributed by atoms with Crippen LogP contribution in [0.5, 0.6) is 0 Å². The summed E-state index contributed by atoms with van der Waals surface area (Å²) in [6, 6.07) is 20.1. The van der Waals surface area contributed by atoms with Crippen molar-refractivity contribution in [3.05, 3.63) is 72.0 Å².